The molecule has 0 amide bonds. The van der Waals surface area contributed by atoms with Gasteiger partial charge in [-0.2, -0.15) is 0 Å². The number of anilines is 2. The molecule has 0 aliphatic carbocycles. The topological polar surface area (TPSA) is 86.2 Å². The molecule has 0 fully saturated rings. The molecule has 0 heterocycles. The third kappa shape index (κ3) is 2.31. The first-order valence-electron chi connectivity index (χ1n) is 5.37. The van der Waals surface area contributed by atoms with Crippen LogP contribution in [0.5, 0.6) is 0 Å². The van der Waals surface area contributed by atoms with Gasteiger partial charge in [0.15, 0.2) is 0 Å². The number of nitrogen functional groups attached to an aromatic ring is 2. The average Bonchev–Trinajstić information content (AvgIpc) is 2.27. The molecule has 0 saturated heterocycles. The normalized spacial score (nSPS) is 11.4. The summed E-state index contributed by atoms with van der Waals surface area (Å²) in [5, 5.41) is 0. The fraction of sp³-hybridized carbons (Fsp3) is 0.0769. The molecule has 18 heavy (non-hydrogen) atoms. The Labute approximate surface area is 106 Å². The molecule has 0 aliphatic rings. The van der Waals surface area contributed by atoms with E-state index in [0.717, 1.165) is 5.56 Å². The summed E-state index contributed by atoms with van der Waals surface area (Å²) in [4.78, 5) is 0.359. The molecule has 0 aromatic heterocycles. The van der Waals surface area contributed by atoms with Crippen LogP contribution in [0, 0.1) is 6.92 Å². The van der Waals surface area contributed by atoms with Gasteiger partial charge in [0.05, 0.1) is 9.79 Å². The van der Waals surface area contributed by atoms with Crippen LogP contribution in [-0.4, -0.2) is 8.42 Å². The first-order valence-corrected chi connectivity index (χ1v) is 6.86. The van der Waals surface area contributed by atoms with Crippen molar-refractivity contribution in [3.63, 3.8) is 0 Å². The van der Waals surface area contributed by atoms with E-state index in [0.29, 0.717) is 11.4 Å². The SMILES string of the molecule is Cc1cc(N)cc(S(=O)(=O)c2cccc(N)c2)c1. The Hall–Kier alpha value is -2.01. The molecule has 0 aliphatic heterocycles. The van der Waals surface area contributed by atoms with Crippen LogP contribution in [0.1, 0.15) is 5.56 Å². The minimum atomic E-state index is -3.57. The van der Waals surface area contributed by atoms with E-state index in [1.54, 1.807) is 31.2 Å². The Bertz CT molecular complexity index is 674. The Morgan fingerprint density at radius 1 is 0.889 bits per heavy atom. The van der Waals surface area contributed by atoms with Gasteiger partial charge in [0.1, 0.15) is 0 Å². The monoisotopic (exact) mass is 262 g/mol. The predicted molar refractivity (Wildman–Crippen MR) is 71.9 cm³/mol. The van der Waals surface area contributed by atoms with Crippen molar-refractivity contribution >= 4 is 21.2 Å². The van der Waals surface area contributed by atoms with Gasteiger partial charge in [-0.05, 0) is 48.9 Å². The molecule has 2 rings (SSSR count). The maximum atomic E-state index is 12.4. The van der Waals surface area contributed by atoms with E-state index in [-0.39, 0.29) is 9.79 Å². The van der Waals surface area contributed by atoms with Crippen molar-refractivity contribution in [2.45, 2.75) is 16.7 Å². The highest BCUT2D eigenvalue weighted by atomic mass is 32.2. The Morgan fingerprint density at radius 3 is 2.17 bits per heavy atom. The number of nitrogens with two attached hydrogens (primary N) is 2. The van der Waals surface area contributed by atoms with E-state index in [1.165, 1.54) is 18.2 Å². The summed E-state index contributed by atoms with van der Waals surface area (Å²) < 4.78 is 24.8. The molecular formula is C13H14N2O2S. The number of benzene rings is 2. The van der Waals surface area contributed by atoms with Crippen LogP contribution < -0.4 is 11.5 Å². The lowest BCUT2D eigenvalue weighted by atomic mass is 10.2. The number of rotatable bonds is 2. The standard InChI is InChI=1S/C13H14N2O2S/c1-9-5-11(15)8-13(6-9)18(16,17)12-4-2-3-10(14)7-12/h2-8H,14-15H2,1H3. The summed E-state index contributed by atoms with van der Waals surface area (Å²) in [6.45, 7) is 1.80. The largest absolute Gasteiger partial charge is 0.399 e. The Balaban J connectivity index is 2.61. The number of hydrogen-bond donors (Lipinski definition) is 2. The van der Waals surface area contributed by atoms with Crippen molar-refractivity contribution < 1.29 is 8.42 Å². The van der Waals surface area contributed by atoms with Gasteiger partial charge in [-0.15, -0.1) is 0 Å². The van der Waals surface area contributed by atoms with Crippen LogP contribution in [-0.2, 0) is 9.84 Å². The summed E-state index contributed by atoms with van der Waals surface area (Å²) in [7, 11) is -3.57. The second-order valence-electron chi connectivity index (χ2n) is 4.16. The third-order valence-electron chi connectivity index (χ3n) is 2.55. The van der Waals surface area contributed by atoms with E-state index in [4.69, 9.17) is 11.5 Å². The average molecular weight is 262 g/mol. The van der Waals surface area contributed by atoms with Crippen LogP contribution in [0.15, 0.2) is 52.3 Å². The minimum absolute atomic E-state index is 0.174. The molecule has 0 unspecified atom stereocenters. The zero-order chi connectivity index (χ0) is 13.3. The summed E-state index contributed by atoms with van der Waals surface area (Å²) in [6, 6.07) is 11.0. The van der Waals surface area contributed by atoms with E-state index in [1.807, 2.05) is 0 Å². The summed E-state index contributed by atoms with van der Waals surface area (Å²) in [6.07, 6.45) is 0. The highest BCUT2D eigenvalue weighted by Crippen LogP contribution is 2.24. The van der Waals surface area contributed by atoms with Crippen LogP contribution in [0.4, 0.5) is 11.4 Å². The minimum Gasteiger partial charge on any atom is -0.399 e. The first-order chi connectivity index (χ1) is 8.39. The Morgan fingerprint density at radius 2 is 1.56 bits per heavy atom. The van der Waals surface area contributed by atoms with Gasteiger partial charge in [0, 0.05) is 11.4 Å². The second kappa shape index (κ2) is 4.34. The molecule has 4 N–H and O–H groups in total. The quantitative estimate of drug-likeness (QED) is 0.810. The van der Waals surface area contributed by atoms with Gasteiger partial charge >= 0.3 is 0 Å². The lowest BCUT2D eigenvalue weighted by Crippen LogP contribution is -2.04. The van der Waals surface area contributed by atoms with Gasteiger partial charge in [0.2, 0.25) is 9.84 Å². The maximum Gasteiger partial charge on any atom is 0.206 e. The van der Waals surface area contributed by atoms with E-state index >= 15 is 0 Å². The zero-order valence-electron chi connectivity index (χ0n) is 9.92. The van der Waals surface area contributed by atoms with Gasteiger partial charge in [-0.1, -0.05) is 6.07 Å². The summed E-state index contributed by atoms with van der Waals surface area (Å²) in [5.74, 6) is 0. The molecule has 94 valence electrons. The van der Waals surface area contributed by atoms with Crippen molar-refractivity contribution in [1.29, 1.82) is 0 Å². The van der Waals surface area contributed by atoms with Crippen LogP contribution in [0.3, 0.4) is 0 Å². The third-order valence-corrected chi connectivity index (χ3v) is 4.28. The molecule has 4 nitrogen and oxygen atoms in total. The van der Waals surface area contributed by atoms with Gasteiger partial charge in [-0.25, -0.2) is 8.42 Å². The van der Waals surface area contributed by atoms with Crippen molar-refractivity contribution in [3.05, 3.63) is 48.0 Å². The number of aryl methyl sites for hydroxylation is 1. The second-order valence-corrected chi connectivity index (χ2v) is 6.11. The molecule has 0 bridgehead atoms. The first kappa shape index (κ1) is 12.4. The predicted octanol–water partition coefficient (Wildman–Crippen LogP) is 1.99. The summed E-state index contributed by atoms with van der Waals surface area (Å²) >= 11 is 0. The fourth-order valence-corrected chi connectivity index (χ4v) is 3.20. The number of hydrogen-bond acceptors (Lipinski definition) is 4. The van der Waals surface area contributed by atoms with E-state index < -0.39 is 9.84 Å². The molecule has 0 saturated carbocycles. The van der Waals surface area contributed by atoms with Crippen LogP contribution in [0.2, 0.25) is 0 Å². The molecule has 0 radical (unpaired) electrons. The molecule has 0 spiro atoms. The van der Waals surface area contributed by atoms with Crippen molar-refractivity contribution in [2.24, 2.45) is 0 Å². The van der Waals surface area contributed by atoms with Crippen molar-refractivity contribution in [1.82, 2.24) is 0 Å². The van der Waals surface area contributed by atoms with Crippen molar-refractivity contribution in [3.8, 4) is 0 Å². The van der Waals surface area contributed by atoms with Crippen molar-refractivity contribution in [2.75, 3.05) is 11.5 Å². The van der Waals surface area contributed by atoms with Gasteiger partial charge in [0.25, 0.3) is 0 Å². The zero-order valence-corrected chi connectivity index (χ0v) is 10.7. The molecule has 0 atom stereocenters. The Kier molecular flexibility index (Phi) is 3.00. The van der Waals surface area contributed by atoms with Crippen LogP contribution >= 0.6 is 0 Å². The van der Waals surface area contributed by atoms with Gasteiger partial charge in [-0.3, -0.25) is 0 Å². The number of sulfone groups is 1. The van der Waals surface area contributed by atoms with E-state index in [2.05, 4.69) is 0 Å². The highest BCUT2D eigenvalue weighted by molar-refractivity contribution is 7.91. The maximum absolute atomic E-state index is 12.4. The highest BCUT2D eigenvalue weighted by Gasteiger charge is 2.18. The molecule has 2 aromatic carbocycles. The van der Waals surface area contributed by atoms with E-state index in [9.17, 15) is 8.42 Å². The summed E-state index contributed by atoms with van der Waals surface area (Å²) in [5.41, 5.74) is 12.9. The molecule has 5 heteroatoms. The lowest BCUT2D eigenvalue weighted by molar-refractivity contribution is 0.596. The lowest BCUT2D eigenvalue weighted by Gasteiger charge is -2.07. The van der Waals surface area contributed by atoms with Crippen LogP contribution in [0.25, 0.3) is 0 Å². The molecule has 2 aromatic rings. The molecular weight excluding hydrogens is 248 g/mol. The fourth-order valence-electron chi connectivity index (χ4n) is 1.75. The smallest absolute Gasteiger partial charge is 0.206 e. The van der Waals surface area contributed by atoms with Gasteiger partial charge < -0.3 is 11.5 Å².